The molecule has 1 rings (SSSR count). The number of rotatable bonds is 7. The molecule has 7 nitrogen and oxygen atoms in total. The highest BCUT2D eigenvalue weighted by Gasteiger charge is 2.11. The maximum Gasteiger partial charge on any atom is 0.344 e. The summed E-state index contributed by atoms with van der Waals surface area (Å²) in [6.45, 7) is 7.37. The second-order valence-electron chi connectivity index (χ2n) is 5.85. The van der Waals surface area contributed by atoms with Gasteiger partial charge in [0.25, 0.3) is 5.91 Å². The summed E-state index contributed by atoms with van der Waals surface area (Å²) in [7, 11) is 0. The summed E-state index contributed by atoms with van der Waals surface area (Å²) in [5, 5.41) is 4.59. The molecule has 2 N–H and O–H groups in total. The molecule has 24 heavy (non-hydrogen) atoms. The number of imide groups is 1. The van der Waals surface area contributed by atoms with Crippen molar-refractivity contribution in [1.29, 1.82) is 0 Å². The summed E-state index contributed by atoms with van der Waals surface area (Å²) < 4.78 is 10.0. The number of esters is 1. The van der Waals surface area contributed by atoms with Crippen molar-refractivity contribution in [2.75, 3.05) is 19.8 Å². The Hall–Kier alpha value is -2.57. The molecule has 1 aromatic carbocycles. The Morgan fingerprint density at radius 2 is 1.79 bits per heavy atom. The van der Waals surface area contributed by atoms with Crippen molar-refractivity contribution < 1.29 is 23.9 Å². The molecule has 0 saturated carbocycles. The van der Waals surface area contributed by atoms with Gasteiger partial charge >= 0.3 is 12.0 Å². The van der Waals surface area contributed by atoms with Crippen LogP contribution in [0.3, 0.4) is 0 Å². The van der Waals surface area contributed by atoms with Gasteiger partial charge in [-0.2, -0.15) is 0 Å². The lowest BCUT2D eigenvalue weighted by Crippen LogP contribution is -2.42. The van der Waals surface area contributed by atoms with Gasteiger partial charge in [0.1, 0.15) is 5.75 Å². The van der Waals surface area contributed by atoms with Gasteiger partial charge in [0.15, 0.2) is 13.2 Å². The van der Waals surface area contributed by atoms with Crippen LogP contribution < -0.4 is 15.4 Å². The van der Waals surface area contributed by atoms with E-state index in [0.717, 1.165) is 11.1 Å². The molecule has 7 heteroatoms. The van der Waals surface area contributed by atoms with Crippen molar-refractivity contribution in [3.8, 4) is 5.75 Å². The minimum absolute atomic E-state index is 0.270. The fraction of sp³-hybridized carbons (Fsp3) is 0.471. The lowest BCUT2D eigenvalue weighted by atomic mass is 10.1. The smallest absolute Gasteiger partial charge is 0.344 e. The van der Waals surface area contributed by atoms with Crippen molar-refractivity contribution >= 4 is 17.9 Å². The second-order valence-corrected chi connectivity index (χ2v) is 5.85. The maximum absolute atomic E-state index is 11.5. The number of hydrogen-bond acceptors (Lipinski definition) is 5. The number of aryl methyl sites for hydroxylation is 2. The van der Waals surface area contributed by atoms with Crippen LogP contribution >= 0.6 is 0 Å². The molecular formula is C17H24N2O5. The summed E-state index contributed by atoms with van der Waals surface area (Å²) >= 11 is 0. The van der Waals surface area contributed by atoms with E-state index in [1.807, 2.05) is 39.8 Å². The van der Waals surface area contributed by atoms with Gasteiger partial charge in [-0.15, -0.1) is 0 Å². The van der Waals surface area contributed by atoms with Crippen LogP contribution in [0.25, 0.3) is 0 Å². The van der Waals surface area contributed by atoms with Crippen molar-refractivity contribution in [2.45, 2.75) is 27.7 Å². The predicted octanol–water partition coefficient (Wildman–Crippen LogP) is 1.71. The normalized spacial score (nSPS) is 10.2. The number of carbonyl (C=O) groups is 3. The molecule has 0 aliphatic carbocycles. The van der Waals surface area contributed by atoms with E-state index in [0.29, 0.717) is 12.3 Å². The number of amides is 3. The maximum atomic E-state index is 11.5. The summed E-state index contributed by atoms with van der Waals surface area (Å²) in [6, 6.07) is 4.84. The lowest BCUT2D eigenvalue weighted by molar-refractivity contribution is -0.150. The molecule has 3 amide bonds. The Balaban J connectivity index is 2.26. The Kier molecular flexibility index (Phi) is 7.74. The fourth-order valence-electron chi connectivity index (χ4n) is 1.64. The first-order valence-electron chi connectivity index (χ1n) is 7.71. The van der Waals surface area contributed by atoms with Crippen LogP contribution in [-0.2, 0) is 14.3 Å². The minimum Gasteiger partial charge on any atom is -0.482 e. The van der Waals surface area contributed by atoms with E-state index in [2.05, 4.69) is 10.6 Å². The van der Waals surface area contributed by atoms with Crippen LogP contribution in [-0.4, -0.2) is 37.7 Å². The highest BCUT2D eigenvalue weighted by atomic mass is 16.6. The molecule has 0 spiro atoms. The van der Waals surface area contributed by atoms with E-state index >= 15 is 0 Å². The van der Waals surface area contributed by atoms with Crippen LogP contribution in [0.4, 0.5) is 4.79 Å². The molecule has 0 aromatic heterocycles. The second kappa shape index (κ2) is 9.54. The SMILES string of the molecule is Cc1ccc(OCC(=O)OCC(=O)NC(=O)NCC(C)C)cc1C. The van der Waals surface area contributed by atoms with Crippen LogP contribution in [0, 0.1) is 19.8 Å². The molecule has 1 aromatic rings. The van der Waals surface area contributed by atoms with Gasteiger partial charge in [-0.1, -0.05) is 19.9 Å². The van der Waals surface area contributed by atoms with E-state index in [1.54, 1.807) is 6.07 Å². The molecule has 0 saturated heterocycles. The van der Waals surface area contributed by atoms with E-state index in [9.17, 15) is 14.4 Å². The van der Waals surface area contributed by atoms with Crippen molar-refractivity contribution in [3.63, 3.8) is 0 Å². The van der Waals surface area contributed by atoms with Crippen molar-refractivity contribution in [2.24, 2.45) is 5.92 Å². The van der Waals surface area contributed by atoms with Crippen LogP contribution in [0.2, 0.25) is 0 Å². The first-order valence-corrected chi connectivity index (χ1v) is 7.71. The molecule has 0 heterocycles. The topological polar surface area (TPSA) is 93.7 Å². The Morgan fingerprint density at radius 1 is 1.08 bits per heavy atom. The molecule has 0 fully saturated rings. The number of benzene rings is 1. The Bertz CT molecular complexity index is 599. The van der Waals surface area contributed by atoms with E-state index < -0.39 is 24.5 Å². The number of hydrogen-bond donors (Lipinski definition) is 2. The Labute approximate surface area is 141 Å². The highest BCUT2D eigenvalue weighted by molar-refractivity contribution is 5.95. The quantitative estimate of drug-likeness (QED) is 0.739. The molecule has 0 aliphatic heterocycles. The van der Waals surface area contributed by atoms with E-state index in [1.165, 1.54) is 0 Å². The third-order valence-corrected chi connectivity index (χ3v) is 3.12. The highest BCUT2D eigenvalue weighted by Crippen LogP contribution is 2.16. The van der Waals surface area contributed by atoms with Crippen LogP contribution in [0.5, 0.6) is 5.75 Å². The van der Waals surface area contributed by atoms with Crippen LogP contribution in [0.15, 0.2) is 18.2 Å². The summed E-state index contributed by atoms with van der Waals surface area (Å²) in [5.74, 6) is -0.569. The van der Waals surface area contributed by atoms with Crippen LogP contribution in [0.1, 0.15) is 25.0 Å². The first-order chi connectivity index (χ1) is 11.3. The van der Waals surface area contributed by atoms with E-state index in [4.69, 9.17) is 9.47 Å². The molecule has 0 atom stereocenters. The van der Waals surface area contributed by atoms with E-state index in [-0.39, 0.29) is 12.5 Å². The summed E-state index contributed by atoms with van der Waals surface area (Å²) in [5.41, 5.74) is 2.17. The summed E-state index contributed by atoms with van der Waals surface area (Å²) in [4.78, 5) is 34.4. The first kappa shape index (κ1) is 19.5. The zero-order chi connectivity index (χ0) is 18.1. The molecule has 0 unspecified atom stereocenters. The average Bonchev–Trinajstić information content (AvgIpc) is 2.52. The number of carbonyl (C=O) groups excluding carboxylic acids is 3. The monoisotopic (exact) mass is 336 g/mol. The molecule has 132 valence electrons. The zero-order valence-electron chi connectivity index (χ0n) is 14.5. The number of ether oxygens (including phenoxy) is 2. The van der Waals surface area contributed by atoms with Crippen molar-refractivity contribution in [3.05, 3.63) is 29.3 Å². The fourth-order valence-corrected chi connectivity index (χ4v) is 1.64. The third-order valence-electron chi connectivity index (χ3n) is 3.12. The molecule has 0 aliphatic rings. The van der Waals surface area contributed by atoms with Gasteiger partial charge in [0.2, 0.25) is 0 Å². The van der Waals surface area contributed by atoms with Gasteiger partial charge < -0.3 is 14.8 Å². The molecular weight excluding hydrogens is 312 g/mol. The van der Waals surface area contributed by atoms with Crippen molar-refractivity contribution in [1.82, 2.24) is 10.6 Å². The zero-order valence-corrected chi connectivity index (χ0v) is 14.5. The molecule has 0 radical (unpaired) electrons. The van der Waals surface area contributed by atoms with Gasteiger partial charge in [-0.25, -0.2) is 9.59 Å². The number of nitrogens with one attached hydrogen (secondary N) is 2. The standard InChI is InChI=1S/C17H24N2O5/c1-11(2)8-18-17(22)19-15(20)9-24-16(21)10-23-14-6-5-12(3)13(4)7-14/h5-7,11H,8-10H2,1-4H3,(H2,18,19,20,22). The van der Waals surface area contributed by atoms with Gasteiger partial charge in [-0.05, 0) is 43.0 Å². The third kappa shape index (κ3) is 7.62. The predicted molar refractivity (Wildman–Crippen MR) is 88.7 cm³/mol. The largest absolute Gasteiger partial charge is 0.482 e. The van der Waals surface area contributed by atoms with Gasteiger partial charge in [-0.3, -0.25) is 10.1 Å². The molecule has 0 bridgehead atoms. The minimum atomic E-state index is -0.698. The summed E-state index contributed by atoms with van der Waals surface area (Å²) in [6.07, 6.45) is 0. The Morgan fingerprint density at radius 3 is 2.42 bits per heavy atom. The lowest BCUT2D eigenvalue weighted by Gasteiger charge is -2.10. The van der Waals surface area contributed by atoms with Gasteiger partial charge in [0, 0.05) is 6.54 Å². The average molecular weight is 336 g/mol. The van der Waals surface area contributed by atoms with Gasteiger partial charge in [0.05, 0.1) is 0 Å². The number of urea groups is 1.